The number of benzene rings is 1. The van der Waals surface area contributed by atoms with Crippen molar-refractivity contribution in [3.8, 4) is 0 Å². The van der Waals surface area contributed by atoms with Crippen molar-refractivity contribution >= 4 is 21.6 Å². The molecule has 1 aliphatic carbocycles. The number of fused-ring (bicyclic) bond motifs is 1. The molecule has 0 bridgehead atoms. The molecule has 0 radical (unpaired) electrons. The molecule has 0 unspecified atom stereocenters. The zero-order chi connectivity index (χ0) is 10.4. The Labute approximate surface area is 90.6 Å². The van der Waals surface area contributed by atoms with E-state index in [1.807, 2.05) is 10.0 Å². The van der Waals surface area contributed by atoms with Gasteiger partial charge in [-0.15, -0.1) is 0 Å². The van der Waals surface area contributed by atoms with Gasteiger partial charge in [-0.3, -0.25) is 9.37 Å². The summed E-state index contributed by atoms with van der Waals surface area (Å²) in [5, 5.41) is 8.39. The van der Waals surface area contributed by atoms with Gasteiger partial charge < -0.3 is 0 Å². The minimum Gasteiger partial charge on any atom is -0.283 e. The fraction of sp³-hybridized carbons (Fsp3) is 0.364. The normalized spacial score (nSPS) is 16.1. The average molecular weight is 222 g/mol. The Bertz CT molecular complexity index is 565. The second-order valence-corrected chi connectivity index (χ2v) is 5.12. The number of nitrogens with zero attached hydrogens (tertiary/aromatic N) is 1. The van der Waals surface area contributed by atoms with E-state index < -0.39 is 0 Å². The van der Waals surface area contributed by atoms with Crippen LogP contribution in [0.3, 0.4) is 0 Å². The predicted octanol–water partition coefficient (Wildman–Crippen LogP) is 2.73. The van der Waals surface area contributed by atoms with Crippen LogP contribution in [0.5, 0.6) is 0 Å². The van der Waals surface area contributed by atoms with Crippen LogP contribution >= 0.6 is 11.5 Å². The lowest BCUT2D eigenvalue weighted by atomic mass is 10.2. The van der Waals surface area contributed by atoms with Crippen molar-refractivity contribution in [3.05, 3.63) is 29.5 Å². The Hall–Kier alpha value is -1.16. The summed E-state index contributed by atoms with van der Waals surface area (Å²) < 4.78 is 16.3. The fourth-order valence-electron chi connectivity index (χ4n) is 1.76. The molecule has 1 N–H and O–H groups in total. The number of aromatic nitrogens is 1. The van der Waals surface area contributed by atoms with Gasteiger partial charge in [-0.2, -0.15) is 0 Å². The molecular formula is C11H11FN2S. The molecule has 2 nitrogen and oxygen atoms in total. The number of hydrogen-bond donors (Lipinski definition) is 1. The number of halogens is 1. The third kappa shape index (κ3) is 1.49. The van der Waals surface area contributed by atoms with Crippen molar-refractivity contribution in [2.75, 3.05) is 0 Å². The topological polar surface area (TPSA) is 28.8 Å². The van der Waals surface area contributed by atoms with E-state index in [1.54, 1.807) is 6.07 Å². The zero-order valence-electron chi connectivity index (χ0n) is 8.16. The summed E-state index contributed by atoms with van der Waals surface area (Å²) in [6, 6.07) is 5.01. The second-order valence-electron chi connectivity index (χ2n) is 4.06. The third-order valence-electron chi connectivity index (χ3n) is 2.79. The van der Waals surface area contributed by atoms with Gasteiger partial charge in [0.15, 0.2) is 0 Å². The smallest absolute Gasteiger partial charge is 0.146 e. The molecule has 0 atom stereocenters. The van der Waals surface area contributed by atoms with E-state index in [9.17, 15) is 4.39 Å². The highest BCUT2D eigenvalue weighted by atomic mass is 32.1. The summed E-state index contributed by atoms with van der Waals surface area (Å²) in [6.07, 6.45) is 2.51. The maximum Gasteiger partial charge on any atom is 0.146 e. The summed E-state index contributed by atoms with van der Waals surface area (Å²) in [4.78, 5) is 0. The van der Waals surface area contributed by atoms with Gasteiger partial charge in [0.05, 0.1) is 10.1 Å². The van der Waals surface area contributed by atoms with Crippen LogP contribution in [0.25, 0.3) is 10.1 Å². The second kappa shape index (κ2) is 3.17. The molecule has 1 heterocycles. The van der Waals surface area contributed by atoms with Crippen LogP contribution in [-0.2, 0) is 6.54 Å². The van der Waals surface area contributed by atoms with Crippen molar-refractivity contribution in [1.29, 1.82) is 5.41 Å². The van der Waals surface area contributed by atoms with Gasteiger partial charge >= 0.3 is 0 Å². The molecule has 4 heteroatoms. The van der Waals surface area contributed by atoms with Crippen molar-refractivity contribution in [1.82, 2.24) is 3.96 Å². The summed E-state index contributed by atoms with van der Waals surface area (Å²) >= 11 is 1.50. The van der Waals surface area contributed by atoms with Gasteiger partial charge in [-0.05, 0) is 30.9 Å². The fourth-order valence-corrected chi connectivity index (χ4v) is 2.89. The molecule has 15 heavy (non-hydrogen) atoms. The van der Waals surface area contributed by atoms with Crippen LogP contribution in [0, 0.1) is 17.1 Å². The van der Waals surface area contributed by atoms with Crippen LogP contribution in [-0.4, -0.2) is 3.96 Å². The summed E-state index contributed by atoms with van der Waals surface area (Å²) in [5.41, 5.74) is 0.333. The summed E-state index contributed by atoms with van der Waals surface area (Å²) in [6.45, 7) is 0.887. The lowest BCUT2D eigenvalue weighted by Crippen LogP contribution is -2.14. The molecule has 1 fully saturated rings. The molecule has 0 aliphatic heterocycles. The highest BCUT2D eigenvalue weighted by molar-refractivity contribution is 7.13. The average Bonchev–Trinajstić information content (AvgIpc) is 2.94. The van der Waals surface area contributed by atoms with E-state index in [2.05, 4.69) is 0 Å². The maximum atomic E-state index is 13.5. The Morgan fingerprint density at radius 1 is 1.47 bits per heavy atom. The Balaban J connectivity index is 2.19. The van der Waals surface area contributed by atoms with E-state index >= 15 is 0 Å². The quantitative estimate of drug-likeness (QED) is 0.809. The van der Waals surface area contributed by atoms with Crippen molar-refractivity contribution in [3.63, 3.8) is 0 Å². The van der Waals surface area contributed by atoms with Crippen LogP contribution in [0.4, 0.5) is 4.39 Å². The van der Waals surface area contributed by atoms with Gasteiger partial charge in [-0.1, -0.05) is 17.6 Å². The van der Waals surface area contributed by atoms with Crippen LogP contribution in [0.2, 0.25) is 0 Å². The van der Waals surface area contributed by atoms with Crippen molar-refractivity contribution in [2.45, 2.75) is 19.4 Å². The van der Waals surface area contributed by atoms with Gasteiger partial charge in [0.1, 0.15) is 11.3 Å². The molecule has 1 aliphatic rings. The first kappa shape index (κ1) is 9.09. The molecule has 3 rings (SSSR count). The monoisotopic (exact) mass is 222 g/mol. The highest BCUT2D eigenvalue weighted by Crippen LogP contribution is 2.31. The van der Waals surface area contributed by atoms with E-state index in [4.69, 9.17) is 5.41 Å². The van der Waals surface area contributed by atoms with Crippen molar-refractivity contribution < 1.29 is 4.39 Å². The summed E-state index contributed by atoms with van der Waals surface area (Å²) in [5.74, 6) is 0.443. The third-order valence-corrected chi connectivity index (χ3v) is 3.88. The molecule has 0 saturated heterocycles. The van der Waals surface area contributed by atoms with E-state index in [0.717, 1.165) is 17.2 Å². The van der Waals surface area contributed by atoms with E-state index in [1.165, 1.54) is 30.4 Å². The molecule has 1 aromatic heterocycles. The van der Waals surface area contributed by atoms with Crippen LogP contribution < -0.4 is 5.49 Å². The molecule has 78 valence electrons. The van der Waals surface area contributed by atoms with Gasteiger partial charge in [-0.25, -0.2) is 4.39 Å². The Kier molecular flexibility index (Phi) is 1.92. The zero-order valence-corrected chi connectivity index (χ0v) is 8.98. The highest BCUT2D eigenvalue weighted by Gasteiger charge is 2.23. The Morgan fingerprint density at radius 3 is 2.93 bits per heavy atom. The molecule has 1 saturated carbocycles. The molecular weight excluding hydrogens is 211 g/mol. The number of nitrogens with one attached hydrogen (secondary N) is 1. The van der Waals surface area contributed by atoms with E-state index in [0.29, 0.717) is 10.9 Å². The minimum atomic E-state index is -0.275. The molecule has 2 aromatic rings. The SMILES string of the molecule is N=c1c2c(F)cccc2sn1CC1CC1. The molecule has 1 aromatic carbocycles. The van der Waals surface area contributed by atoms with Gasteiger partial charge in [0.2, 0.25) is 0 Å². The largest absolute Gasteiger partial charge is 0.283 e. The first-order valence-corrected chi connectivity index (χ1v) is 5.86. The standard InChI is InChI=1S/C11H11FN2S/c12-8-2-1-3-9-10(8)11(13)14(15-9)6-7-4-5-7/h1-3,7,13H,4-6H2. The van der Waals surface area contributed by atoms with Gasteiger partial charge in [0.25, 0.3) is 0 Å². The summed E-state index contributed by atoms with van der Waals surface area (Å²) in [7, 11) is 0. The lowest BCUT2D eigenvalue weighted by Gasteiger charge is -1.96. The number of hydrogen-bond acceptors (Lipinski definition) is 2. The van der Waals surface area contributed by atoms with Crippen molar-refractivity contribution in [2.24, 2.45) is 5.92 Å². The van der Waals surface area contributed by atoms with Crippen LogP contribution in [0.15, 0.2) is 18.2 Å². The maximum absolute atomic E-state index is 13.5. The Morgan fingerprint density at radius 2 is 2.27 bits per heavy atom. The molecule has 0 spiro atoms. The van der Waals surface area contributed by atoms with E-state index in [-0.39, 0.29) is 5.82 Å². The van der Waals surface area contributed by atoms with Gasteiger partial charge in [0, 0.05) is 6.54 Å². The lowest BCUT2D eigenvalue weighted by molar-refractivity contribution is 0.626. The molecule has 0 amide bonds. The van der Waals surface area contributed by atoms with Crippen LogP contribution in [0.1, 0.15) is 12.8 Å². The first-order valence-electron chi connectivity index (χ1n) is 5.08. The first-order chi connectivity index (χ1) is 7.25. The minimum absolute atomic E-state index is 0.275. The predicted molar refractivity (Wildman–Crippen MR) is 58.4 cm³/mol. The number of rotatable bonds is 2.